The molecule has 1 saturated heterocycles. The minimum Gasteiger partial charge on any atom is -0.492 e. The molecule has 0 saturated carbocycles. The first-order chi connectivity index (χ1) is 11.2. The summed E-state index contributed by atoms with van der Waals surface area (Å²) in [6.45, 7) is 4.13. The molecule has 1 heterocycles. The Labute approximate surface area is 150 Å². The molecule has 2 unspecified atom stereocenters. The van der Waals surface area contributed by atoms with Gasteiger partial charge in [-0.05, 0) is 62.4 Å². The summed E-state index contributed by atoms with van der Waals surface area (Å²) in [7, 11) is 2.62. The lowest BCUT2D eigenvalue weighted by atomic mass is 10.3. The Morgan fingerprint density at radius 2 is 2.04 bits per heavy atom. The fourth-order valence-electron chi connectivity index (χ4n) is 2.38. The summed E-state index contributed by atoms with van der Waals surface area (Å²) in [4.78, 5) is 2.44. The van der Waals surface area contributed by atoms with Crippen molar-refractivity contribution in [1.82, 2.24) is 10.2 Å². The van der Waals surface area contributed by atoms with Crippen LogP contribution in [0, 0.1) is 0 Å². The van der Waals surface area contributed by atoms with Gasteiger partial charge in [0.2, 0.25) is 0 Å². The van der Waals surface area contributed by atoms with Crippen LogP contribution in [0.3, 0.4) is 0 Å². The minimum atomic E-state index is -0.208. The van der Waals surface area contributed by atoms with Gasteiger partial charge < -0.3 is 21.1 Å². The first-order valence-electron chi connectivity index (χ1n) is 7.77. The third-order valence-corrected chi connectivity index (χ3v) is 5.00. The molecule has 0 spiro atoms. The van der Waals surface area contributed by atoms with E-state index in [4.69, 9.17) is 22.7 Å². The number of benzene rings is 1. The summed E-state index contributed by atoms with van der Waals surface area (Å²) in [6.07, 6.45) is 2.63. The second-order valence-electron chi connectivity index (χ2n) is 5.27. The van der Waals surface area contributed by atoms with Gasteiger partial charge in [0.15, 0.2) is 5.11 Å². The van der Waals surface area contributed by atoms with Gasteiger partial charge in [0.1, 0.15) is 17.9 Å². The fourth-order valence-corrected chi connectivity index (χ4v) is 3.72. The van der Waals surface area contributed by atoms with E-state index in [1.165, 1.54) is 25.9 Å². The molecule has 2 atom stereocenters. The van der Waals surface area contributed by atoms with E-state index >= 15 is 0 Å². The molecule has 4 N–H and O–H groups in total. The van der Waals surface area contributed by atoms with Crippen LogP contribution in [0.15, 0.2) is 24.3 Å². The average molecular weight is 372 g/mol. The number of thioether (sulfide) groups is 1. The Morgan fingerprint density at radius 1 is 1.35 bits per heavy atom. The van der Waals surface area contributed by atoms with E-state index in [2.05, 4.69) is 24.8 Å². The van der Waals surface area contributed by atoms with E-state index in [-0.39, 0.29) is 5.50 Å². The van der Waals surface area contributed by atoms with Gasteiger partial charge in [-0.2, -0.15) is 0 Å². The molecule has 0 aromatic heterocycles. The molecule has 1 aromatic rings. The molecule has 1 aliphatic rings. The molecule has 0 bridgehead atoms. The molecule has 5 nitrogen and oxygen atoms in total. The van der Waals surface area contributed by atoms with Gasteiger partial charge in [-0.1, -0.05) is 0 Å². The number of ether oxygens (including phenoxy) is 1. The molecular weight excluding hydrogens is 347 g/mol. The fraction of sp³-hybridized carbons (Fsp3) is 0.533. The van der Waals surface area contributed by atoms with E-state index in [0.29, 0.717) is 5.11 Å². The van der Waals surface area contributed by atoms with Crippen LogP contribution in [0.1, 0.15) is 12.8 Å². The zero-order chi connectivity index (χ0) is 16.5. The first-order valence-corrected chi connectivity index (χ1v) is 10.0. The van der Waals surface area contributed by atoms with Crippen molar-refractivity contribution in [3.8, 4) is 5.75 Å². The summed E-state index contributed by atoms with van der Waals surface area (Å²) in [5.74, 6) is 0.879. The lowest BCUT2D eigenvalue weighted by Crippen LogP contribution is -2.41. The second-order valence-corrected chi connectivity index (χ2v) is 7.86. The average Bonchev–Trinajstić information content (AvgIpc) is 3.02. The lowest BCUT2D eigenvalue weighted by Gasteiger charge is -2.16. The van der Waals surface area contributed by atoms with E-state index in [0.717, 1.165) is 30.1 Å². The molecule has 0 amide bonds. The highest BCUT2D eigenvalue weighted by Gasteiger charge is 2.10. The van der Waals surface area contributed by atoms with E-state index in [1.807, 2.05) is 24.3 Å². The number of nitrogens with two attached hydrogens (primary N) is 1. The largest absolute Gasteiger partial charge is 0.492 e. The molecule has 1 aliphatic heterocycles. The van der Waals surface area contributed by atoms with Crippen molar-refractivity contribution >= 4 is 44.0 Å². The topological polar surface area (TPSA) is 62.6 Å². The Balaban J connectivity index is 1.69. The second kappa shape index (κ2) is 10.3. The Hall–Kier alpha value is -0.590. The first kappa shape index (κ1) is 18.7. The monoisotopic (exact) mass is 372 g/mol. The van der Waals surface area contributed by atoms with Gasteiger partial charge in [0, 0.05) is 17.7 Å². The van der Waals surface area contributed by atoms with E-state index < -0.39 is 0 Å². The number of likely N-dealkylation sites (tertiary alicyclic amines) is 1. The molecule has 128 valence electrons. The number of hydrogen-bond donors (Lipinski definition) is 3. The number of thiocarbonyl (C=S) groups is 1. The van der Waals surface area contributed by atoms with Gasteiger partial charge in [0.05, 0.1) is 0 Å². The van der Waals surface area contributed by atoms with E-state index in [1.54, 1.807) is 11.8 Å². The van der Waals surface area contributed by atoms with E-state index in [9.17, 15) is 0 Å². The van der Waals surface area contributed by atoms with Crippen LogP contribution in [0.4, 0.5) is 5.69 Å². The van der Waals surface area contributed by atoms with Crippen LogP contribution in [-0.2, 0) is 0 Å². The predicted molar refractivity (Wildman–Crippen MR) is 107 cm³/mol. The molecule has 1 fully saturated rings. The van der Waals surface area contributed by atoms with Gasteiger partial charge in [-0.25, -0.2) is 0 Å². The molecule has 23 heavy (non-hydrogen) atoms. The summed E-state index contributed by atoms with van der Waals surface area (Å²) >= 11 is 6.80. The van der Waals surface area contributed by atoms with Crippen LogP contribution in [0.5, 0.6) is 5.75 Å². The Bertz CT molecular complexity index is 483. The van der Waals surface area contributed by atoms with Crippen molar-refractivity contribution < 1.29 is 4.74 Å². The molecule has 1 aromatic carbocycles. The summed E-state index contributed by atoms with van der Waals surface area (Å²) < 4.78 is 5.78. The highest BCUT2D eigenvalue weighted by Crippen LogP contribution is 2.16. The maximum Gasteiger partial charge on any atom is 0.172 e. The molecule has 0 aliphatic carbocycles. The van der Waals surface area contributed by atoms with Gasteiger partial charge in [-0.3, -0.25) is 4.90 Å². The quantitative estimate of drug-likeness (QED) is 0.367. The van der Waals surface area contributed by atoms with Crippen molar-refractivity contribution in [2.75, 3.05) is 37.1 Å². The van der Waals surface area contributed by atoms with Crippen molar-refractivity contribution in [3.05, 3.63) is 24.3 Å². The van der Waals surface area contributed by atoms with Crippen LogP contribution < -0.4 is 21.1 Å². The normalized spacial score (nSPS) is 16.1. The zero-order valence-corrected chi connectivity index (χ0v) is 16.0. The van der Waals surface area contributed by atoms with Crippen molar-refractivity contribution in [2.24, 2.45) is 5.73 Å². The predicted octanol–water partition coefficient (Wildman–Crippen LogP) is 2.26. The Morgan fingerprint density at radius 3 is 2.70 bits per heavy atom. The third kappa shape index (κ3) is 7.23. The molecular formula is C15H25N4OPS2. The summed E-state index contributed by atoms with van der Waals surface area (Å²) in [6, 6.07) is 7.81. The minimum absolute atomic E-state index is 0.208. The number of anilines is 1. The number of hydrogen-bond acceptors (Lipinski definition) is 5. The van der Waals surface area contributed by atoms with Gasteiger partial charge >= 0.3 is 0 Å². The highest BCUT2D eigenvalue weighted by atomic mass is 32.2. The molecule has 0 radical (unpaired) electrons. The molecule has 8 heteroatoms. The third-order valence-electron chi connectivity index (χ3n) is 3.54. The van der Waals surface area contributed by atoms with Gasteiger partial charge in [-0.15, -0.1) is 21.0 Å². The van der Waals surface area contributed by atoms with Crippen molar-refractivity contribution in [2.45, 2.75) is 18.3 Å². The number of nitrogens with zero attached hydrogens (tertiary/aromatic N) is 1. The highest BCUT2D eigenvalue weighted by molar-refractivity contribution is 8.02. The van der Waals surface area contributed by atoms with Crippen molar-refractivity contribution in [3.63, 3.8) is 0 Å². The summed E-state index contributed by atoms with van der Waals surface area (Å²) in [5.41, 5.74) is 7.42. The van der Waals surface area contributed by atoms with Gasteiger partial charge in [0.25, 0.3) is 0 Å². The number of rotatable bonds is 8. The van der Waals surface area contributed by atoms with Crippen LogP contribution in [-0.4, -0.2) is 47.2 Å². The maximum atomic E-state index is 5.86. The van der Waals surface area contributed by atoms with Crippen molar-refractivity contribution in [1.29, 1.82) is 0 Å². The maximum absolute atomic E-state index is 5.86. The van der Waals surface area contributed by atoms with Crippen LogP contribution in [0.2, 0.25) is 0 Å². The SMILES string of the molecule is NC(NC(=S)Nc1ccc(OCCN2CCCC2)cc1)SCP. The summed E-state index contributed by atoms with van der Waals surface area (Å²) in [5, 5.41) is 6.66. The molecule has 2 rings (SSSR count). The number of nitrogens with one attached hydrogen (secondary N) is 2. The Kier molecular flexibility index (Phi) is 8.40. The zero-order valence-electron chi connectivity index (χ0n) is 13.2. The standard InChI is InChI=1S/C15H25N4OPS2/c16-14(23-11-21)18-15(22)17-12-3-5-13(6-4-12)20-10-9-19-7-1-2-8-19/h3-6,14H,1-2,7-11,16,21H2,(H2,17,18,22). The van der Waals surface area contributed by atoms with Crippen LogP contribution >= 0.6 is 33.2 Å². The smallest absolute Gasteiger partial charge is 0.172 e. The lowest BCUT2D eigenvalue weighted by molar-refractivity contribution is 0.238. The van der Waals surface area contributed by atoms with Crippen LogP contribution in [0.25, 0.3) is 0 Å².